The molecule has 1 aliphatic heterocycles. The number of rotatable bonds is 3. The van der Waals surface area contributed by atoms with Crippen molar-refractivity contribution in [3.8, 4) is 6.07 Å². The monoisotopic (exact) mass is 394 g/mol. The molecule has 28 heavy (non-hydrogen) atoms. The molecule has 4 aliphatic rings. The number of benzene rings is 1. The number of nitriles is 1. The fourth-order valence-corrected chi connectivity index (χ4v) is 8.42. The minimum atomic E-state index is -0.421. The van der Waals surface area contributed by atoms with E-state index in [-0.39, 0.29) is 17.9 Å². The molecule has 1 N–H and O–H groups in total. The molecule has 3 saturated carbocycles. The van der Waals surface area contributed by atoms with Crippen LogP contribution in [0, 0.1) is 46.8 Å². The maximum atomic E-state index is 12.5. The van der Waals surface area contributed by atoms with Crippen LogP contribution in [0.1, 0.15) is 57.4 Å². The van der Waals surface area contributed by atoms with E-state index in [1.807, 2.05) is 11.8 Å². The summed E-state index contributed by atoms with van der Waals surface area (Å²) in [5.74, 6) is 3.01. The maximum absolute atomic E-state index is 12.5. The molecule has 0 bridgehead atoms. The molecule has 1 aromatic rings. The van der Waals surface area contributed by atoms with Crippen LogP contribution in [0.15, 0.2) is 29.2 Å². The summed E-state index contributed by atoms with van der Waals surface area (Å²) in [7, 11) is 0. The van der Waals surface area contributed by atoms with Gasteiger partial charge < -0.3 is 5.32 Å². The summed E-state index contributed by atoms with van der Waals surface area (Å²) < 4.78 is 0. The largest absolute Gasteiger partial charge is 0.352 e. The van der Waals surface area contributed by atoms with E-state index in [4.69, 9.17) is 0 Å². The zero-order valence-electron chi connectivity index (χ0n) is 16.8. The van der Waals surface area contributed by atoms with Crippen LogP contribution in [-0.4, -0.2) is 17.2 Å². The molecular weight excluding hydrogens is 364 g/mol. The second-order valence-electron chi connectivity index (χ2n) is 9.69. The Hall–Kier alpha value is -1.47. The van der Waals surface area contributed by atoms with Gasteiger partial charge in [0.25, 0.3) is 0 Å². The van der Waals surface area contributed by atoms with Crippen molar-refractivity contribution in [1.29, 1.82) is 5.26 Å². The molecule has 3 nitrogen and oxygen atoms in total. The number of carbonyl (C=O) groups excluding carboxylic acids is 1. The van der Waals surface area contributed by atoms with Gasteiger partial charge in [-0.3, -0.25) is 4.79 Å². The highest BCUT2D eigenvalue weighted by Gasteiger charge is 2.63. The van der Waals surface area contributed by atoms with Crippen LogP contribution in [0.5, 0.6) is 0 Å². The van der Waals surface area contributed by atoms with Crippen LogP contribution in [0.2, 0.25) is 0 Å². The first-order chi connectivity index (χ1) is 13.6. The lowest BCUT2D eigenvalue weighted by atomic mass is 9.63. The Morgan fingerprint density at radius 1 is 1.07 bits per heavy atom. The smallest absolute Gasteiger partial charge is 0.237 e. The molecular formula is C24H30N2OS. The lowest BCUT2D eigenvalue weighted by Gasteiger charge is -2.45. The number of hydrogen-bond acceptors (Lipinski definition) is 3. The number of fused-ring (bicyclic) bond motifs is 3. The SMILES string of the molecule is CC(C)c1ccc(SC2CCC3CCCC4C5C(C#N)C(=O)NC5C2C34)cc1. The first kappa shape index (κ1) is 18.6. The predicted octanol–water partition coefficient (Wildman–Crippen LogP) is 4.98. The zero-order valence-corrected chi connectivity index (χ0v) is 17.6. The first-order valence-electron chi connectivity index (χ1n) is 11.0. The molecule has 0 spiro atoms. The Labute approximate surface area is 172 Å². The first-order valence-corrected chi connectivity index (χ1v) is 11.9. The summed E-state index contributed by atoms with van der Waals surface area (Å²) in [6, 6.07) is 11.7. The summed E-state index contributed by atoms with van der Waals surface area (Å²) in [5, 5.41) is 13.5. The number of nitrogens with zero attached hydrogens (tertiary/aromatic N) is 1. The van der Waals surface area contributed by atoms with Gasteiger partial charge in [-0.1, -0.05) is 38.8 Å². The standard InChI is InChI=1S/C24H30N2OS/c1-13(2)14-6-9-16(10-7-14)28-19-11-8-15-4-3-5-17-20(15)22(19)23-21(17)18(12-25)24(27)26-23/h6-7,9-10,13,15,17-23H,3-5,8,11H2,1-2H3,(H,26,27). The Bertz CT molecular complexity index is 798. The Balaban J connectivity index is 1.43. The lowest BCUT2D eigenvalue weighted by molar-refractivity contribution is -0.122. The number of amides is 1. The van der Waals surface area contributed by atoms with Crippen LogP contribution in [0.4, 0.5) is 0 Å². The Morgan fingerprint density at radius 2 is 1.86 bits per heavy atom. The van der Waals surface area contributed by atoms with Crippen LogP contribution in [-0.2, 0) is 4.79 Å². The Kier molecular flexibility index (Phi) is 4.70. The third kappa shape index (κ3) is 2.81. The second kappa shape index (κ2) is 7.10. The van der Waals surface area contributed by atoms with Gasteiger partial charge in [-0.25, -0.2) is 0 Å². The quantitative estimate of drug-likeness (QED) is 0.786. The van der Waals surface area contributed by atoms with E-state index in [2.05, 4.69) is 49.5 Å². The maximum Gasteiger partial charge on any atom is 0.237 e. The van der Waals surface area contributed by atoms with Crippen molar-refractivity contribution in [3.63, 3.8) is 0 Å². The minimum Gasteiger partial charge on any atom is -0.352 e. The van der Waals surface area contributed by atoms with Crippen LogP contribution < -0.4 is 5.32 Å². The number of hydrogen-bond donors (Lipinski definition) is 1. The summed E-state index contributed by atoms with van der Waals surface area (Å²) in [5.41, 5.74) is 1.39. The van der Waals surface area contributed by atoms with Gasteiger partial charge in [-0.15, -0.1) is 11.8 Å². The summed E-state index contributed by atoms with van der Waals surface area (Å²) >= 11 is 2.02. The van der Waals surface area contributed by atoms with Gasteiger partial charge in [0.05, 0.1) is 6.07 Å². The fraction of sp³-hybridized carbons (Fsp3) is 0.667. The Morgan fingerprint density at radius 3 is 2.57 bits per heavy atom. The highest BCUT2D eigenvalue weighted by atomic mass is 32.2. The van der Waals surface area contributed by atoms with Crippen molar-refractivity contribution in [2.45, 2.75) is 68.1 Å². The van der Waals surface area contributed by atoms with Crippen molar-refractivity contribution < 1.29 is 4.79 Å². The summed E-state index contributed by atoms with van der Waals surface area (Å²) in [6.07, 6.45) is 6.41. The zero-order chi connectivity index (χ0) is 19.4. The van der Waals surface area contributed by atoms with Crippen LogP contribution in [0.3, 0.4) is 0 Å². The van der Waals surface area contributed by atoms with Gasteiger partial charge in [0.15, 0.2) is 0 Å². The van der Waals surface area contributed by atoms with Crippen molar-refractivity contribution in [3.05, 3.63) is 29.8 Å². The average molecular weight is 395 g/mol. The van der Waals surface area contributed by atoms with Crippen molar-refractivity contribution in [2.75, 3.05) is 0 Å². The predicted molar refractivity (Wildman–Crippen MR) is 112 cm³/mol. The van der Waals surface area contributed by atoms with Crippen molar-refractivity contribution in [1.82, 2.24) is 5.32 Å². The minimum absolute atomic E-state index is 0.00585. The van der Waals surface area contributed by atoms with E-state index in [0.29, 0.717) is 28.9 Å². The third-order valence-electron chi connectivity index (χ3n) is 8.12. The topological polar surface area (TPSA) is 52.9 Å². The van der Waals surface area contributed by atoms with Gasteiger partial charge in [0.2, 0.25) is 5.91 Å². The third-order valence-corrected chi connectivity index (χ3v) is 9.52. The van der Waals surface area contributed by atoms with Gasteiger partial charge in [-0.05, 0) is 66.5 Å². The highest BCUT2D eigenvalue weighted by Crippen LogP contribution is 2.62. The van der Waals surface area contributed by atoms with E-state index >= 15 is 0 Å². The molecule has 1 saturated heterocycles. The van der Waals surface area contributed by atoms with Gasteiger partial charge in [-0.2, -0.15) is 5.26 Å². The highest BCUT2D eigenvalue weighted by molar-refractivity contribution is 8.00. The van der Waals surface area contributed by atoms with Gasteiger partial charge in [0.1, 0.15) is 5.92 Å². The molecule has 8 atom stereocenters. The molecule has 1 heterocycles. The molecule has 1 aromatic carbocycles. The molecule has 0 radical (unpaired) electrons. The second-order valence-corrected chi connectivity index (χ2v) is 11.0. The number of thioether (sulfide) groups is 1. The molecule has 148 valence electrons. The molecule has 4 heteroatoms. The molecule has 5 rings (SSSR count). The normalized spacial score (nSPS) is 41.3. The van der Waals surface area contributed by atoms with Crippen LogP contribution in [0.25, 0.3) is 0 Å². The number of carbonyl (C=O) groups is 1. The molecule has 0 aromatic heterocycles. The lowest BCUT2D eigenvalue weighted by Crippen LogP contribution is -2.45. The van der Waals surface area contributed by atoms with E-state index in [1.54, 1.807) is 0 Å². The van der Waals surface area contributed by atoms with E-state index in [9.17, 15) is 10.1 Å². The molecule has 1 amide bonds. The fourth-order valence-electron chi connectivity index (χ4n) is 7.01. The van der Waals surface area contributed by atoms with Crippen molar-refractivity contribution in [2.24, 2.45) is 35.5 Å². The van der Waals surface area contributed by atoms with E-state index in [0.717, 1.165) is 5.92 Å². The number of nitrogens with one attached hydrogen (secondary N) is 1. The van der Waals surface area contributed by atoms with E-state index in [1.165, 1.54) is 42.6 Å². The van der Waals surface area contributed by atoms with Crippen molar-refractivity contribution >= 4 is 17.7 Å². The molecule has 4 fully saturated rings. The summed E-state index contributed by atoms with van der Waals surface area (Å²) in [4.78, 5) is 13.8. The van der Waals surface area contributed by atoms with E-state index < -0.39 is 5.92 Å². The van der Waals surface area contributed by atoms with Gasteiger partial charge in [0, 0.05) is 22.1 Å². The average Bonchev–Trinajstić information content (AvgIpc) is 3.19. The molecule has 8 unspecified atom stereocenters. The van der Waals surface area contributed by atoms with Crippen LogP contribution >= 0.6 is 11.8 Å². The summed E-state index contributed by atoms with van der Waals surface area (Å²) in [6.45, 7) is 4.47. The molecule has 3 aliphatic carbocycles. The van der Waals surface area contributed by atoms with Gasteiger partial charge >= 0.3 is 0 Å².